The van der Waals surface area contributed by atoms with Crippen molar-refractivity contribution < 1.29 is 23.2 Å². The topological polar surface area (TPSA) is 118 Å². The Bertz CT molecular complexity index is 731. The quantitative estimate of drug-likeness (QED) is 0.639. The summed E-state index contributed by atoms with van der Waals surface area (Å²) in [4.78, 5) is 23.4. The summed E-state index contributed by atoms with van der Waals surface area (Å²) in [6.45, 7) is 2.15. The Morgan fingerprint density at radius 1 is 1.48 bits per heavy atom. The number of sulfone groups is 1. The first-order valence-electron chi connectivity index (χ1n) is 7.25. The molecule has 0 radical (unpaired) electrons. The molecule has 23 heavy (non-hydrogen) atoms. The van der Waals surface area contributed by atoms with Gasteiger partial charge < -0.3 is 10.0 Å². The zero-order valence-electron chi connectivity index (χ0n) is 12.6. The fourth-order valence-corrected chi connectivity index (χ4v) is 3.57. The molecule has 8 nitrogen and oxygen atoms in total. The van der Waals surface area contributed by atoms with E-state index in [4.69, 9.17) is 5.11 Å². The Kier molecular flexibility index (Phi) is 4.88. The maximum atomic E-state index is 11.9. The number of carboxylic acid groups (broad SMARTS) is 1. The molecule has 126 valence electrons. The van der Waals surface area contributed by atoms with Gasteiger partial charge in [0.25, 0.3) is 5.69 Å². The lowest BCUT2D eigenvalue weighted by atomic mass is 9.97. The lowest BCUT2D eigenvalue weighted by Crippen LogP contribution is -2.39. The van der Waals surface area contributed by atoms with E-state index >= 15 is 0 Å². The molecule has 1 atom stereocenters. The largest absolute Gasteiger partial charge is 0.481 e. The number of nitro groups is 1. The number of carbonyl (C=O) groups is 1. The molecule has 1 aliphatic rings. The summed E-state index contributed by atoms with van der Waals surface area (Å²) in [5.74, 6) is -1.65. The maximum absolute atomic E-state index is 11.9. The minimum absolute atomic E-state index is 0.0951. The van der Waals surface area contributed by atoms with Crippen LogP contribution >= 0.6 is 0 Å². The van der Waals surface area contributed by atoms with Crippen molar-refractivity contribution in [2.24, 2.45) is 5.92 Å². The summed E-state index contributed by atoms with van der Waals surface area (Å²) >= 11 is 0. The zero-order chi connectivity index (χ0) is 17.2. The molecular weight excluding hydrogens is 324 g/mol. The Balaban J connectivity index is 2.42. The van der Waals surface area contributed by atoms with Gasteiger partial charge in [0.05, 0.1) is 21.5 Å². The number of benzene rings is 1. The van der Waals surface area contributed by atoms with Crippen molar-refractivity contribution >= 4 is 27.2 Å². The van der Waals surface area contributed by atoms with Gasteiger partial charge in [-0.2, -0.15) is 0 Å². The molecule has 2 rings (SSSR count). The number of piperidine rings is 1. The van der Waals surface area contributed by atoms with Gasteiger partial charge in [0.1, 0.15) is 5.69 Å². The second kappa shape index (κ2) is 6.53. The van der Waals surface area contributed by atoms with Gasteiger partial charge in [-0.05, 0) is 25.0 Å². The molecule has 0 aromatic heterocycles. The highest BCUT2D eigenvalue weighted by Gasteiger charge is 2.30. The zero-order valence-corrected chi connectivity index (χ0v) is 13.5. The molecular formula is C14H18N2O6S. The normalized spacial score (nSPS) is 18.7. The molecule has 1 aromatic carbocycles. The van der Waals surface area contributed by atoms with Crippen molar-refractivity contribution in [3.8, 4) is 0 Å². The Morgan fingerprint density at radius 3 is 2.74 bits per heavy atom. The van der Waals surface area contributed by atoms with E-state index in [1.165, 1.54) is 19.1 Å². The highest BCUT2D eigenvalue weighted by Crippen LogP contribution is 2.33. The molecule has 1 N–H and O–H groups in total. The Morgan fingerprint density at radius 2 is 2.17 bits per heavy atom. The van der Waals surface area contributed by atoms with Crippen molar-refractivity contribution in [1.82, 2.24) is 0 Å². The number of anilines is 1. The van der Waals surface area contributed by atoms with Crippen molar-refractivity contribution in [2.75, 3.05) is 23.7 Å². The van der Waals surface area contributed by atoms with Crippen LogP contribution in [0.15, 0.2) is 23.1 Å². The van der Waals surface area contributed by atoms with E-state index in [1.807, 2.05) is 0 Å². The first-order valence-corrected chi connectivity index (χ1v) is 8.90. The van der Waals surface area contributed by atoms with E-state index in [0.717, 1.165) is 6.07 Å². The van der Waals surface area contributed by atoms with Crippen LogP contribution in [-0.4, -0.2) is 43.3 Å². The Hall–Kier alpha value is -2.16. The van der Waals surface area contributed by atoms with Crippen LogP contribution < -0.4 is 4.90 Å². The van der Waals surface area contributed by atoms with Crippen molar-refractivity contribution in [2.45, 2.75) is 24.7 Å². The van der Waals surface area contributed by atoms with Gasteiger partial charge in [0.2, 0.25) is 0 Å². The van der Waals surface area contributed by atoms with Crippen LogP contribution in [0, 0.1) is 16.0 Å². The smallest absolute Gasteiger partial charge is 0.308 e. The monoisotopic (exact) mass is 342 g/mol. The number of carboxylic acids is 1. The molecule has 0 amide bonds. The molecule has 0 aliphatic carbocycles. The third-order valence-corrected chi connectivity index (χ3v) is 5.73. The first-order chi connectivity index (χ1) is 10.8. The average Bonchev–Trinajstić information content (AvgIpc) is 2.54. The van der Waals surface area contributed by atoms with Gasteiger partial charge in [-0.15, -0.1) is 0 Å². The summed E-state index contributed by atoms with van der Waals surface area (Å²) < 4.78 is 23.8. The van der Waals surface area contributed by atoms with Gasteiger partial charge in [-0.1, -0.05) is 6.92 Å². The molecule has 1 fully saturated rings. The molecule has 0 unspecified atom stereocenters. The van der Waals surface area contributed by atoms with Crippen molar-refractivity contribution in [1.29, 1.82) is 0 Å². The molecule has 1 heterocycles. The number of rotatable bonds is 5. The molecule has 9 heteroatoms. The fourth-order valence-electron chi connectivity index (χ4n) is 2.67. The van der Waals surface area contributed by atoms with Crippen LogP contribution in [0.3, 0.4) is 0 Å². The van der Waals surface area contributed by atoms with Crippen LogP contribution in [0.5, 0.6) is 0 Å². The number of nitro benzene ring substituents is 1. The van der Waals surface area contributed by atoms with E-state index in [2.05, 4.69) is 0 Å². The molecule has 1 aromatic rings. The standard InChI is InChI=1S/C14H18N2O6S/c1-2-23(21,22)11-5-6-12(13(8-11)16(19)20)15-7-3-4-10(9-15)14(17)18/h5-6,8,10H,2-4,7,9H2,1H3,(H,17,18)/t10-/m0/s1. The van der Waals surface area contributed by atoms with Gasteiger partial charge in [-0.25, -0.2) is 8.42 Å². The summed E-state index contributed by atoms with van der Waals surface area (Å²) in [7, 11) is -3.54. The minimum Gasteiger partial charge on any atom is -0.481 e. The number of hydrogen-bond donors (Lipinski definition) is 1. The van der Waals surface area contributed by atoms with E-state index in [-0.39, 0.29) is 28.6 Å². The highest BCUT2D eigenvalue weighted by atomic mass is 32.2. The van der Waals surface area contributed by atoms with Gasteiger partial charge in [-0.3, -0.25) is 14.9 Å². The average molecular weight is 342 g/mol. The van der Waals surface area contributed by atoms with Gasteiger partial charge >= 0.3 is 5.97 Å². The Labute approximate surface area is 133 Å². The van der Waals surface area contributed by atoms with Crippen LogP contribution in [-0.2, 0) is 14.6 Å². The highest BCUT2D eigenvalue weighted by molar-refractivity contribution is 7.91. The fraction of sp³-hybridized carbons (Fsp3) is 0.500. The predicted molar refractivity (Wildman–Crippen MR) is 83.4 cm³/mol. The van der Waals surface area contributed by atoms with Crippen molar-refractivity contribution in [3.63, 3.8) is 0 Å². The van der Waals surface area contributed by atoms with E-state index in [0.29, 0.717) is 19.4 Å². The van der Waals surface area contributed by atoms with Crippen LogP contribution in [0.1, 0.15) is 19.8 Å². The third-order valence-electron chi connectivity index (χ3n) is 3.99. The maximum Gasteiger partial charge on any atom is 0.308 e. The number of aliphatic carboxylic acids is 1. The van der Waals surface area contributed by atoms with E-state index in [9.17, 15) is 23.3 Å². The molecule has 0 bridgehead atoms. The number of nitrogens with zero attached hydrogens (tertiary/aromatic N) is 2. The lowest BCUT2D eigenvalue weighted by molar-refractivity contribution is -0.384. The summed E-state index contributed by atoms with van der Waals surface area (Å²) in [6, 6.07) is 3.79. The second-order valence-electron chi connectivity index (χ2n) is 5.43. The lowest BCUT2D eigenvalue weighted by Gasteiger charge is -2.32. The minimum atomic E-state index is -3.54. The first kappa shape index (κ1) is 17.2. The SMILES string of the molecule is CCS(=O)(=O)c1ccc(N2CCC[C@H](C(=O)O)C2)c([N+](=O)[O-])c1. The van der Waals surface area contributed by atoms with Gasteiger partial charge in [0.15, 0.2) is 9.84 Å². The second-order valence-corrected chi connectivity index (χ2v) is 7.71. The van der Waals surface area contributed by atoms with Crippen LogP contribution in [0.2, 0.25) is 0 Å². The van der Waals surface area contributed by atoms with E-state index < -0.39 is 26.6 Å². The van der Waals surface area contributed by atoms with Crippen molar-refractivity contribution in [3.05, 3.63) is 28.3 Å². The molecule has 1 aliphatic heterocycles. The van der Waals surface area contributed by atoms with E-state index in [1.54, 1.807) is 4.90 Å². The molecule has 0 saturated carbocycles. The van der Waals surface area contributed by atoms with Crippen LogP contribution in [0.4, 0.5) is 11.4 Å². The molecule has 0 spiro atoms. The number of hydrogen-bond acceptors (Lipinski definition) is 6. The third kappa shape index (κ3) is 3.61. The summed E-state index contributed by atoms with van der Waals surface area (Å²) in [5.41, 5.74) is -0.0541. The van der Waals surface area contributed by atoms with Crippen LogP contribution in [0.25, 0.3) is 0 Å². The predicted octanol–water partition coefficient (Wildman–Crippen LogP) is 1.69. The summed E-state index contributed by atoms with van der Waals surface area (Å²) in [6.07, 6.45) is 1.14. The van der Waals surface area contributed by atoms with Gasteiger partial charge in [0, 0.05) is 19.2 Å². The molecule has 1 saturated heterocycles. The summed E-state index contributed by atoms with van der Waals surface area (Å²) in [5, 5.41) is 20.4.